The van der Waals surface area contributed by atoms with Crippen molar-refractivity contribution < 1.29 is 23.0 Å². The lowest BCUT2D eigenvalue weighted by Gasteiger charge is -2.22. The Morgan fingerprint density at radius 1 is 1.10 bits per heavy atom. The molecule has 0 amide bonds. The minimum Gasteiger partial charge on any atom is -0.456 e. The number of rotatable bonds is 7. The molecule has 0 saturated heterocycles. The molecule has 0 aliphatic carbocycles. The highest BCUT2D eigenvalue weighted by molar-refractivity contribution is 5.95. The maximum Gasteiger partial charge on any atom is 0.261 e. The average molecular weight is 576 g/mol. The van der Waals surface area contributed by atoms with Gasteiger partial charge in [-0.1, -0.05) is 20.8 Å². The van der Waals surface area contributed by atoms with E-state index in [9.17, 15) is 14.3 Å². The number of H-pyrrole nitrogens is 1. The zero-order valence-electron chi connectivity index (χ0n) is 25.1. The minimum absolute atomic E-state index is 0.0353. The van der Waals surface area contributed by atoms with Gasteiger partial charge in [-0.05, 0) is 69.0 Å². The Morgan fingerprint density at radius 2 is 1.76 bits per heavy atom. The molecular weight excluding hydrogens is 540 g/mol. The number of ether oxygens (including phenoxy) is 1. The summed E-state index contributed by atoms with van der Waals surface area (Å²) < 4.78 is 43.6. The fourth-order valence-electron chi connectivity index (χ4n) is 5.26. The SMILES string of the molecule is CCc1nc(-c2cc3c(=O)n(C)cc(-c4cc(C(C)(C)O)c(F)cc4Oc4c(C)cc(F)cc4C)c3o2)c(C(C)C)[nH]1. The molecule has 0 bridgehead atoms. The van der Waals surface area contributed by atoms with Crippen molar-refractivity contribution in [2.24, 2.45) is 7.05 Å². The number of imidazole rings is 1. The Morgan fingerprint density at radius 3 is 2.36 bits per heavy atom. The van der Waals surface area contributed by atoms with Gasteiger partial charge in [0.05, 0.1) is 11.0 Å². The van der Waals surface area contributed by atoms with E-state index in [1.165, 1.54) is 42.7 Å². The first-order valence-corrected chi connectivity index (χ1v) is 13.9. The van der Waals surface area contributed by atoms with Gasteiger partial charge in [0.2, 0.25) is 0 Å². The molecule has 42 heavy (non-hydrogen) atoms. The van der Waals surface area contributed by atoms with E-state index < -0.39 is 17.2 Å². The molecule has 0 aliphatic rings. The van der Waals surface area contributed by atoms with Crippen molar-refractivity contribution in [1.29, 1.82) is 0 Å². The predicted octanol–water partition coefficient (Wildman–Crippen LogP) is 7.79. The fourth-order valence-corrected chi connectivity index (χ4v) is 5.26. The number of nitrogens with zero attached hydrogens (tertiary/aromatic N) is 2. The summed E-state index contributed by atoms with van der Waals surface area (Å²) in [4.78, 5) is 21.4. The molecule has 5 rings (SSSR count). The molecule has 0 spiro atoms. The quantitative estimate of drug-likeness (QED) is 0.207. The number of fused-ring (bicyclic) bond motifs is 1. The zero-order chi connectivity index (χ0) is 30.7. The first-order valence-electron chi connectivity index (χ1n) is 13.9. The summed E-state index contributed by atoms with van der Waals surface area (Å²) in [6, 6.07) is 7.06. The predicted molar refractivity (Wildman–Crippen MR) is 159 cm³/mol. The molecule has 2 N–H and O–H groups in total. The van der Waals surface area contributed by atoms with Crippen LogP contribution in [-0.2, 0) is 19.1 Å². The highest BCUT2D eigenvalue weighted by Crippen LogP contribution is 2.43. The maximum atomic E-state index is 15.5. The summed E-state index contributed by atoms with van der Waals surface area (Å²) in [6.07, 6.45) is 2.30. The monoisotopic (exact) mass is 575 g/mol. The van der Waals surface area contributed by atoms with Crippen molar-refractivity contribution in [1.82, 2.24) is 14.5 Å². The summed E-state index contributed by atoms with van der Waals surface area (Å²) in [7, 11) is 1.62. The van der Waals surface area contributed by atoms with Crippen molar-refractivity contribution in [2.45, 2.75) is 66.4 Å². The number of aryl methyl sites for hydroxylation is 4. The molecule has 0 unspecified atom stereocenters. The van der Waals surface area contributed by atoms with Crippen molar-refractivity contribution in [3.05, 3.63) is 86.7 Å². The number of furan rings is 1. The van der Waals surface area contributed by atoms with E-state index in [1.54, 1.807) is 33.2 Å². The van der Waals surface area contributed by atoms with Crippen LogP contribution >= 0.6 is 0 Å². The summed E-state index contributed by atoms with van der Waals surface area (Å²) in [5.74, 6) is 0.756. The van der Waals surface area contributed by atoms with E-state index in [0.717, 1.165) is 11.5 Å². The Hall–Kier alpha value is -4.24. The van der Waals surface area contributed by atoms with Gasteiger partial charge in [0.15, 0.2) is 5.76 Å². The van der Waals surface area contributed by atoms with Crippen LogP contribution in [0.15, 0.2) is 45.7 Å². The molecule has 0 fully saturated rings. The van der Waals surface area contributed by atoms with Crippen LogP contribution in [0.4, 0.5) is 8.78 Å². The Balaban J connectivity index is 1.81. The second kappa shape index (κ2) is 10.5. The second-order valence-corrected chi connectivity index (χ2v) is 11.6. The van der Waals surface area contributed by atoms with Crippen molar-refractivity contribution in [2.75, 3.05) is 0 Å². The molecule has 9 heteroatoms. The van der Waals surface area contributed by atoms with Crippen molar-refractivity contribution in [3.8, 4) is 34.1 Å². The fraction of sp³-hybridized carbons (Fsp3) is 0.333. The minimum atomic E-state index is -1.52. The van der Waals surface area contributed by atoms with Gasteiger partial charge in [-0.2, -0.15) is 0 Å². The van der Waals surface area contributed by atoms with Gasteiger partial charge in [0.1, 0.15) is 40.2 Å². The average Bonchev–Trinajstić information content (AvgIpc) is 3.53. The molecule has 0 atom stereocenters. The Bertz CT molecular complexity index is 1870. The smallest absolute Gasteiger partial charge is 0.261 e. The van der Waals surface area contributed by atoms with E-state index in [0.29, 0.717) is 51.3 Å². The Labute approximate surface area is 242 Å². The first-order chi connectivity index (χ1) is 19.7. The summed E-state index contributed by atoms with van der Waals surface area (Å²) in [5.41, 5.74) is 1.92. The van der Waals surface area contributed by atoms with Crippen LogP contribution in [0.5, 0.6) is 11.5 Å². The molecule has 220 valence electrons. The molecular formula is C33H35F2N3O4. The van der Waals surface area contributed by atoms with Crippen LogP contribution in [0.3, 0.4) is 0 Å². The van der Waals surface area contributed by atoms with Gasteiger partial charge >= 0.3 is 0 Å². The maximum absolute atomic E-state index is 15.5. The largest absolute Gasteiger partial charge is 0.456 e. The third-order valence-electron chi connectivity index (χ3n) is 7.43. The van der Waals surface area contributed by atoms with Crippen molar-refractivity contribution in [3.63, 3.8) is 0 Å². The number of aliphatic hydroxyl groups is 1. The van der Waals surface area contributed by atoms with E-state index in [1.807, 2.05) is 20.8 Å². The number of halogens is 2. The van der Waals surface area contributed by atoms with E-state index >= 15 is 4.39 Å². The molecule has 3 aromatic heterocycles. The van der Waals surface area contributed by atoms with Crippen LogP contribution < -0.4 is 10.3 Å². The van der Waals surface area contributed by atoms with Gasteiger partial charge < -0.3 is 23.8 Å². The Kier molecular flexibility index (Phi) is 7.35. The third-order valence-corrected chi connectivity index (χ3v) is 7.43. The molecule has 2 aromatic carbocycles. The summed E-state index contributed by atoms with van der Waals surface area (Å²) in [5, 5.41) is 11.1. The highest BCUT2D eigenvalue weighted by atomic mass is 19.1. The van der Waals surface area contributed by atoms with Crippen LogP contribution in [0, 0.1) is 25.5 Å². The number of aromatic nitrogens is 3. The molecule has 0 aliphatic heterocycles. The van der Waals surface area contributed by atoms with Gasteiger partial charge in [-0.3, -0.25) is 4.79 Å². The molecule has 0 radical (unpaired) electrons. The molecule has 0 saturated carbocycles. The lowest BCUT2D eigenvalue weighted by molar-refractivity contribution is 0.0745. The number of benzene rings is 2. The zero-order valence-corrected chi connectivity index (χ0v) is 25.1. The van der Waals surface area contributed by atoms with Crippen LogP contribution in [0.1, 0.15) is 68.7 Å². The van der Waals surface area contributed by atoms with Crippen LogP contribution in [0.25, 0.3) is 33.6 Å². The highest BCUT2D eigenvalue weighted by Gasteiger charge is 2.27. The number of hydrogen-bond acceptors (Lipinski definition) is 5. The van der Waals surface area contributed by atoms with E-state index in [4.69, 9.17) is 14.1 Å². The van der Waals surface area contributed by atoms with Gasteiger partial charge in [0.25, 0.3) is 5.56 Å². The lowest BCUT2D eigenvalue weighted by Crippen LogP contribution is -2.18. The first kappa shape index (κ1) is 29.3. The van der Waals surface area contributed by atoms with Crippen LogP contribution in [0.2, 0.25) is 0 Å². The second-order valence-electron chi connectivity index (χ2n) is 11.6. The molecule has 5 aromatic rings. The number of pyridine rings is 1. The lowest BCUT2D eigenvalue weighted by atomic mass is 9.93. The van der Waals surface area contributed by atoms with E-state index in [-0.39, 0.29) is 28.4 Å². The standard InChI is InChI=1S/C33H35F2N3O4/c1-9-27-36-28(16(2)3)29(37-27)26-13-21-31(42-26)22(15-38(8)32(21)39)20-12-23(33(6,7)40)24(35)14-25(20)41-30-17(4)10-19(34)11-18(30)5/h10-16,40H,9H2,1-8H3,(H,36,37). The third kappa shape index (κ3) is 5.13. The van der Waals surface area contributed by atoms with Gasteiger partial charge in [0, 0.05) is 48.1 Å². The van der Waals surface area contributed by atoms with E-state index in [2.05, 4.69) is 4.98 Å². The molecule has 7 nitrogen and oxygen atoms in total. The normalized spacial score (nSPS) is 12.1. The topological polar surface area (TPSA) is 93.3 Å². The van der Waals surface area contributed by atoms with Gasteiger partial charge in [-0.25, -0.2) is 13.8 Å². The number of nitrogens with one attached hydrogen (secondary N) is 1. The summed E-state index contributed by atoms with van der Waals surface area (Å²) >= 11 is 0. The van der Waals surface area contributed by atoms with Crippen molar-refractivity contribution >= 4 is 11.0 Å². The summed E-state index contributed by atoms with van der Waals surface area (Å²) in [6.45, 7) is 12.5. The van der Waals surface area contributed by atoms with Gasteiger partial charge in [-0.15, -0.1) is 0 Å². The number of hydrogen-bond donors (Lipinski definition) is 2. The molecule has 3 heterocycles. The number of aromatic amines is 1. The van der Waals surface area contributed by atoms with Crippen LogP contribution in [-0.4, -0.2) is 19.6 Å².